The highest BCUT2D eigenvalue weighted by atomic mass is 79.9. The van der Waals surface area contributed by atoms with Crippen molar-refractivity contribution in [1.29, 1.82) is 0 Å². The van der Waals surface area contributed by atoms with E-state index in [1.165, 1.54) is 0 Å². The van der Waals surface area contributed by atoms with Crippen LogP contribution in [-0.4, -0.2) is 15.9 Å². The highest BCUT2D eigenvalue weighted by Crippen LogP contribution is 2.25. The highest BCUT2D eigenvalue weighted by molar-refractivity contribution is 9.10. The first kappa shape index (κ1) is 13.5. The lowest BCUT2D eigenvalue weighted by Crippen LogP contribution is -2.10. The van der Waals surface area contributed by atoms with Crippen LogP contribution in [0.1, 0.15) is 10.4 Å². The Hall–Kier alpha value is -2.47. The number of carbonyl (C=O) groups excluding carboxylic acids is 1. The van der Waals surface area contributed by atoms with E-state index < -0.39 is 5.91 Å². The van der Waals surface area contributed by atoms with Gasteiger partial charge >= 0.3 is 0 Å². The maximum atomic E-state index is 11.1. The van der Waals surface area contributed by atoms with Crippen molar-refractivity contribution in [3.63, 3.8) is 0 Å². The number of amides is 1. The minimum Gasteiger partial charge on any atom is -0.366 e. The first-order chi connectivity index (χ1) is 10.1. The molecular weight excluding hydrogens is 332 g/mol. The quantitative estimate of drug-likeness (QED) is 0.765. The van der Waals surface area contributed by atoms with Crippen LogP contribution in [0.4, 0.5) is 11.4 Å². The molecule has 2 aromatic heterocycles. The number of nitrogens with zero attached hydrogens (tertiary/aromatic N) is 2. The van der Waals surface area contributed by atoms with Crippen LogP contribution in [0.15, 0.2) is 53.3 Å². The Morgan fingerprint density at radius 2 is 1.90 bits per heavy atom. The molecule has 0 atom stereocenters. The number of benzene rings is 1. The second kappa shape index (κ2) is 5.49. The van der Waals surface area contributed by atoms with E-state index in [0.29, 0.717) is 5.56 Å². The number of hydrogen-bond acceptors (Lipinski definition) is 4. The van der Waals surface area contributed by atoms with Gasteiger partial charge in [-0.05, 0) is 52.3 Å². The van der Waals surface area contributed by atoms with E-state index in [0.717, 1.165) is 26.9 Å². The predicted octanol–water partition coefficient (Wildman–Crippen LogP) is 3.23. The van der Waals surface area contributed by atoms with Crippen molar-refractivity contribution >= 4 is 44.2 Å². The van der Waals surface area contributed by atoms with Crippen LogP contribution in [0, 0.1) is 0 Å². The molecule has 0 bridgehead atoms. The summed E-state index contributed by atoms with van der Waals surface area (Å²) in [5, 5.41) is 3.26. The second-order valence-corrected chi connectivity index (χ2v) is 5.36. The molecule has 0 radical (unpaired) electrons. The van der Waals surface area contributed by atoms with Crippen molar-refractivity contribution < 1.29 is 4.79 Å². The molecule has 0 saturated heterocycles. The fraction of sp³-hybridized carbons (Fsp3) is 0. The maximum absolute atomic E-state index is 11.1. The van der Waals surface area contributed by atoms with Gasteiger partial charge in [-0.3, -0.25) is 14.8 Å². The summed E-state index contributed by atoms with van der Waals surface area (Å²) < 4.78 is 0.880. The number of aromatic nitrogens is 2. The molecule has 3 rings (SSSR count). The molecular formula is C15H11BrN4O. The standard InChI is InChI=1S/C15H11BrN4O/c16-10-7-13-14(19-8-10)12(5-6-18-13)20-11-3-1-9(2-4-11)15(17)21/h1-8H,(H2,17,21)(H,18,20). The van der Waals surface area contributed by atoms with Gasteiger partial charge in [-0.25, -0.2) is 0 Å². The predicted molar refractivity (Wildman–Crippen MR) is 85.5 cm³/mol. The topological polar surface area (TPSA) is 80.9 Å². The number of hydrogen-bond donors (Lipinski definition) is 2. The fourth-order valence-corrected chi connectivity index (χ4v) is 2.30. The number of fused-ring (bicyclic) bond motifs is 1. The number of nitrogens with one attached hydrogen (secondary N) is 1. The van der Waals surface area contributed by atoms with Crippen molar-refractivity contribution in [2.75, 3.05) is 5.32 Å². The number of halogens is 1. The Kier molecular flexibility index (Phi) is 3.53. The molecule has 0 aliphatic heterocycles. The van der Waals surface area contributed by atoms with Gasteiger partial charge in [-0.1, -0.05) is 0 Å². The molecule has 3 N–H and O–H groups in total. The first-order valence-electron chi connectivity index (χ1n) is 6.20. The van der Waals surface area contributed by atoms with Gasteiger partial charge in [0.15, 0.2) is 0 Å². The van der Waals surface area contributed by atoms with Crippen molar-refractivity contribution in [3.05, 3.63) is 58.8 Å². The smallest absolute Gasteiger partial charge is 0.248 e. The monoisotopic (exact) mass is 342 g/mol. The van der Waals surface area contributed by atoms with Crippen LogP contribution in [0.2, 0.25) is 0 Å². The third-order valence-electron chi connectivity index (χ3n) is 2.99. The Bertz CT molecular complexity index is 818. The van der Waals surface area contributed by atoms with Crippen LogP contribution in [0.5, 0.6) is 0 Å². The molecule has 0 spiro atoms. The summed E-state index contributed by atoms with van der Waals surface area (Å²) in [5.41, 5.74) is 8.96. The molecule has 0 saturated carbocycles. The fourth-order valence-electron chi connectivity index (χ4n) is 1.98. The lowest BCUT2D eigenvalue weighted by atomic mass is 10.2. The SMILES string of the molecule is NC(=O)c1ccc(Nc2ccnc3cc(Br)cnc23)cc1. The molecule has 6 heteroatoms. The van der Waals surface area contributed by atoms with Gasteiger partial charge in [0.2, 0.25) is 5.91 Å². The lowest BCUT2D eigenvalue weighted by Gasteiger charge is -2.09. The number of pyridine rings is 2. The first-order valence-corrected chi connectivity index (χ1v) is 7.00. The van der Waals surface area contributed by atoms with Crippen molar-refractivity contribution in [1.82, 2.24) is 9.97 Å². The van der Waals surface area contributed by atoms with Gasteiger partial charge in [-0.15, -0.1) is 0 Å². The Balaban J connectivity index is 1.96. The molecule has 0 unspecified atom stereocenters. The molecule has 3 aromatic rings. The molecule has 1 amide bonds. The van der Waals surface area contributed by atoms with Crippen molar-refractivity contribution in [2.45, 2.75) is 0 Å². The van der Waals surface area contributed by atoms with Crippen molar-refractivity contribution in [3.8, 4) is 0 Å². The van der Waals surface area contributed by atoms with E-state index in [9.17, 15) is 4.79 Å². The van der Waals surface area contributed by atoms with E-state index >= 15 is 0 Å². The zero-order valence-electron chi connectivity index (χ0n) is 10.9. The Morgan fingerprint density at radius 3 is 2.62 bits per heavy atom. The third kappa shape index (κ3) is 2.85. The summed E-state index contributed by atoms with van der Waals surface area (Å²) in [6.45, 7) is 0. The number of nitrogens with two attached hydrogens (primary N) is 1. The second-order valence-electron chi connectivity index (χ2n) is 4.45. The van der Waals surface area contributed by atoms with Gasteiger partial charge in [0.25, 0.3) is 0 Å². The van der Waals surface area contributed by atoms with E-state index in [1.54, 1.807) is 36.7 Å². The average Bonchev–Trinajstić information content (AvgIpc) is 2.47. The van der Waals surface area contributed by atoms with Crippen molar-refractivity contribution in [2.24, 2.45) is 5.73 Å². The zero-order chi connectivity index (χ0) is 14.8. The molecule has 2 heterocycles. The number of primary amides is 1. The van der Waals surface area contributed by atoms with Gasteiger partial charge in [0.1, 0.15) is 5.52 Å². The van der Waals surface area contributed by atoms with E-state index in [-0.39, 0.29) is 0 Å². The Morgan fingerprint density at radius 1 is 1.14 bits per heavy atom. The molecule has 1 aromatic carbocycles. The van der Waals surface area contributed by atoms with E-state index in [2.05, 4.69) is 31.2 Å². The number of rotatable bonds is 3. The lowest BCUT2D eigenvalue weighted by molar-refractivity contribution is 0.100. The molecule has 0 fully saturated rings. The summed E-state index contributed by atoms with van der Waals surface area (Å²) in [7, 11) is 0. The van der Waals surface area contributed by atoms with Gasteiger partial charge in [0, 0.05) is 28.1 Å². The molecule has 104 valence electrons. The third-order valence-corrected chi connectivity index (χ3v) is 3.43. The van der Waals surface area contributed by atoms with Crippen LogP contribution in [0.25, 0.3) is 11.0 Å². The van der Waals surface area contributed by atoms with Gasteiger partial charge in [-0.2, -0.15) is 0 Å². The normalized spacial score (nSPS) is 10.5. The van der Waals surface area contributed by atoms with Gasteiger partial charge in [0.05, 0.1) is 11.2 Å². The zero-order valence-corrected chi connectivity index (χ0v) is 12.5. The number of carbonyl (C=O) groups is 1. The summed E-state index contributed by atoms with van der Waals surface area (Å²) >= 11 is 3.38. The van der Waals surface area contributed by atoms with Crippen LogP contribution in [0.3, 0.4) is 0 Å². The van der Waals surface area contributed by atoms with Gasteiger partial charge < -0.3 is 11.1 Å². The highest BCUT2D eigenvalue weighted by Gasteiger charge is 2.05. The molecule has 0 aliphatic carbocycles. The summed E-state index contributed by atoms with van der Waals surface area (Å²) in [5.74, 6) is -0.442. The molecule has 0 aliphatic rings. The molecule has 5 nitrogen and oxygen atoms in total. The minimum atomic E-state index is -0.442. The molecule has 21 heavy (non-hydrogen) atoms. The summed E-state index contributed by atoms with van der Waals surface area (Å²) in [4.78, 5) is 19.7. The summed E-state index contributed by atoms with van der Waals surface area (Å²) in [6.07, 6.45) is 3.45. The summed E-state index contributed by atoms with van der Waals surface area (Å²) in [6, 6.07) is 10.7. The minimum absolute atomic E-state index is 0.442. The largest absolute Gasteiger partial charge is 0.366 e. The van der Waals surface area contributed by atoms with Crippen LogP contribution >= 0.6 is 15.9 Å². The van der Waals surface area contributed by atoms with E-state index in [4.69, 9.17) is 5.73 Å². The average molecular weight is 343 g/mol. The van der Waals surface area contributed by atoms with Crippen LogP contribution < -0.4 is 11.1 Å². The number of anilines is 2. The Labute approximate surface area is 129 Å². The van der Waals surface area contributed by atoms with E-state index in [1.807, 2.05) is 12.1 Å². The van der Waals surface area contributed by atoms with Crippen LogP contribution in [-0.2, 0) is 0 Å². The maximum Gasteiger partial charge on any atom is 0.248 e.